The molecule has 0 radical (unpaired) electrons. The van der Waals surface area contributed by atoms with Crippen molar-refractivity contribution in [2.24, 2.45) is 5.92 Å². The maximum Gasteiger partial charge on any atom is 0.243 e. The minimum Gasteiger partial charge on any atom is -0.374 e. The molecule has 2 N–H and O–H groups in total. The Morgan fingerprint density at radius 3 is 2.87 bits per heavy atom. The molecule has 0 aromatic heterocycles. The van der Waals surface area contributed by atoms with Crippen LogP contribution in [0.2, 0.25) is 0 Å². The largest absolute Gasteiger partial charge is 0.374 e. The zero-order valence-electron chi connectivity index (χ0n) is 9.13. The van der Waals surface area contributed by atoms with Crippen LogP contribution in [0.3, 0.4) is 0 Å². The minimum atomic E-state index is 0.0317. The number of rotatable bonds is 2. The van der Waals surface area contributed by atoms with Crippen LogP contribution in [0.4, 0.5) is 11.4 Å². The molecule has 1 heterocycles. The molecular formula is C12H16N2O. The molecule has 0 unspecified atom stereocenters. The van der Waals surface area contributed by atoms with Crippen molar-refractivity contribution >= 4 is 17.3 Å². The lowest BCUT2D eigenvalue weighted by atomic mass is 10.0. The van der Waals surface area contributed by atoms with E-state index in [1.54, 1.807) is 0 Å². The number of carbonyl (C=O) groups excluding carboxylic acids is 1. The zero-order valence-corrected chi connectivity index (χ0v) is 9.13. The Morgan fingerprint density at radius 1 is 1.33 bits per heavy atom. The molecule has 15 heavy (non-hydrogen) atoms. The first-order chi connectivity index (χ1) is 7.15. The summed E-state index contributed by atoms with van der Waals surface area (Å²) >= 11 is 0. The maximum atomic E-state index is 11.2. The van der Waals surface area contributed by atoms with Gasteiger partial charge >= 0.3 is 0 Å². The molecule has 0 bridgehead atoms. The Balaban J connectivity index is 2.24. The van der Waals surface area contributed by atoms with E-state index in [0.717, 1.165) is 17.8 Å². The third-order valence-corrected chi connectivity index (χ3v) is 2.44. The van der Waals surface area contributed by atoms with E-state index >= 15 is 0 Å². The van der Waals surface area contributed by atoms with Crippen molar-refractivity contribution < 1.29 is 4.79 Å². The molecule has 0 saturated heterocycles. The van der Waals surface area contributed by atoms with Gasteiger partial charge in [0.1, 0.15) is 0 Å². The highest BCUT2D eigenvalue weighted by molar-refractivity contribution is 6.00. The summed E-state index contributed by atoms with van der Waals surface area (Å²) in [4.78, 5) is 11.2. The van der Waals surface area contributed by atoms with Gasteiger partial charge in [-0.05, 0) is 30.0 Å². The van der Waals surface area contributed by atoms with Crippen LogP contribution >= 0.6 is 0 Å². The van der Waals surface area contributed by atoms with E-state index in [-0.39, 0.29) is 5.91 Å². The summed E-state index contributed by atoms with van der Waals surface area (Å²) in [6.45, 7) is 4.75. The van der Waals surface area contributed by atoms with E-state index < -0.39 is 0 Å². The molecule has 3 heteroatoms. The molecule has 1 amide bonds. The molecule has 0 fully saturated rings. The van der Waals surface area contributed by atoms with Crippen LogP contribution in [0.15, 0.2) is 18.2 Å². The van der Waals surface area contributed by atoms with Crippen molar-refractivity contribution in [1.29, 1.82) is 0 Å². The van der Waals surface area contributed by atoms with Gasteiger partial charge in [-0.1, -0.05) is 19.9 Å². The third kappa shape index (κ3) is 2.29. The lowest BCUT2D eigenvalue weighted by Crippen LogP contribution is -2.27. The first-order valence-corrected chi connectivity index (χ1v) is 5.32. The van der Waals surface area contributed by atoms with Crippen LogP contribution in [0, 0.1) is 5.92 Å². The second-order valence-corrected chi connectivity index (χ2v) is 4.38. The molecule has 0 spiro atoms. The predicted molar refractivity (Wildman–Crippen MR) is 62.1 cm³/mol. The van der Waals surface area contributed by atoms with Gasteiger partial charge in [0, 0.05) is 0 Å². The Bertz CT molecular complexity index is 385. The summed E-state index contributed by atoms with van der Waals surface area (Å²) < 4.78 is 0. The smallest absolute Gasteiger partial charge is 0.243 e. The fourth-order valence-corrected chi connectivity index (χ4v) is 1.82. The average Bonchev–Trinajstić information content (AvgIpc) is 2.16. The van der Waals surface area contributed by atoms with E-state index in [0.29, 0.717) is 12.5 Å². The first-order valence-electron chi connectivity index (χ1n) is 5.32. The maximum absolute atomic E-state index is 11.2. The highest BCUT2D eigenvalue weighted by atomic mass is 16.2. The zero-order chi connectivity index (χ0) is 10.8. The van der Waals surface area contributed by atoms with Gasteiger partial charge in [-0.3, -0.25) is 4.79 Å². The van der Waals surface area contributed by atoms with E-state index in [9.17, 15) is 4.79 Å². The monoisotopic (exact) mass is 204 g/mol. The molecule has 2 rings (SSSR count). The van der Waals surface area contributed by atoms with E-state index in [1.165, 1.54) is 5.56 Å². The molecule has 1 aromatic rings. The average molecular weight is 204 g/mol. The van der Waals surface area contributed by atoms with Crippen LogP contribution in [-0.4, -0.2) is 12.5 Å². The fraction of sp³-hybridized carbons (Fsp3) is 0.417. The predicted octanol–water partition coefficient (Wildman–Crippen LogP) is 2.25. The second kappa shape index (κ2) is 3.93. The lowest BCUT2D eigenvalue weighted by Gasteiger charge is -2.19. The SMILES string of the molecule is CC(C)Cc1ccc2c(c1)NC(=O)CN2. The summed E-state index contributed by atoms with van der Waals surface area (Å²) in [6.07, 6.45) is 1.04. The molecule has 3 nitrogen and oxygen atoms in total. The van der Waals surface area contributed by atoms with Gasteiger partial charge in [0.05, 0.1) is 17.9 Å². The Kier molecular flexibility index (Phi) is 2.62. The van der Waals surface area contributed by atoms with Crippen molar-refractivity contribution in [3.05, 3.63) is 23.8 Å². The van der Waals surface area contributed by atoms with E-state index in [1.807, 2.05) is 6.07 Å². The summed E-state index contributed by atoms with van der Waals surface area (Å²) in [5.74, 6) is 0.666. The highest BCUT2D eigenvalue weighted by Crippen LogP contribution is 2.26. The van der Waals surface area contributed by atoms with Crippen molar-refractivity contribution in [3.8, 4) is 0 Å². The van der Waals surface area contributed by atoms with E-state index in [4.69, 9.17) is 0 Å². The summed E-state index contributed by atoms with van der Waals surface area (Å²) in [5.41, 5.74) is 3.19. The van der Waals surface area contributed by atoms with Crippen LogP contribution in [0.5, 0.6) is 0 Å². The van der Waals surface area contributed by atoms with Gasteiger partial charge in [-0.2, -0.15) is 0 Å². The molecule has 1 aromatic carbocycles. The van der Waals surface area contributed by atoms with Crippen LogP contribution in [-0.2, 0) is 11.2 Å². The van der Waals surface area contributed by atoms with Gasteiger partial charge in [-0.25, -0.2) is 0 Å². The van der Waals surface area contributed by atoms with Crippen LogP contribution in [0.25, 0.3) is 0 Å². The van der Waals surface area contributed by atoms with Gasteiger partial charge in [0.2, 0.25) is 5.91 Å². The topological polar surface area (TPSA) is 41.1 Å². The van der Waals surface area contributed by atoms with Crippen molar-refractivity contribution in [1.82, 2.24) is 0 Å². The van der Waals surface area contributed by atoms with Gasteiger partial charge in [0.25, 0.3) is 0 Å². The minimum absolute atomic E-state index is 0.0317. The number of nitrogens with one attached hydrogen (secondary N) is 2. The molecular weight excluding hydrogens is 188 g/mol. The lowest BCUT2D eigenvalue weighted by molar-refractivity contribution is -0.114. The number of benzene rings is 1. The van der Waals surface area contributed by atoms with Crippen molar-refractivity contribution in [2.45, 2.75) is 20.3 Å². The molecule has 0 saturated carbocycles. The third-order valence-electron chi connectivity index (χ3n) is 2.44. The van der Waals surface area contributed by atoms with Gasteiger partial charge < -0.3 is 10.6 Å². The van der Waals surface area contributed by atoms with Crippen LogP contribution < -0.4 is 10.6 Å². The number of carbonyl (C=O) groups is 1. The number of hydrogen-bond donors (Lipinski definition) is 2. The number of anilines is 2. The van der Waals surface area contributed by atoms with Crippen molar-refractivity contribution in [2.75, 3.05) is 17.2 Å². The summed E-state index contributed by atoms with van der Waals surface area (Å²) in [6, 6.07) is 6.20. The Hall–Kier alpha value is -1.51. The summed E-state index contributed by atoms with van der Waals surface area (Å²) in [7, 11) is 0. The standard InChI is InChI=1S/C12H16N2O/c1-8(2)5-9-3-4-10-11(6-9)14-12(15)7-13-10/h3-4,6,8,13H,5,7H2,1-2H3,(H,14,15). The first kappa shape index (κ1) is 10.0. The Morgan fingerprint density at radius 2 is 2.13 bits per heavy atom. The quantitative estimate of drug-likeness (QED) is 0.775. The fourth-order valence-electron chi connectivity index (χ4n) is 1.82. The molecule has 80 valence electrons. The Labute approximate surface area is 89.9 Å². The summed E-state index contributed by atoms with van der Waals surface area (Å²) in [5, 5.41) is 5.95. The second-order valence-electron chi connectivity index (χ2n) is 4.38. The van der Waals surface area contributed by atoms with Crippen LogP contribution in [0.1, 0.15) is 19.4 Å². The molecule has 0 aliphatic carbocycles. The number of fused-ring (bicyclic) bond motifs is 1. The molecule has 1 aliphatic heterocycles. The number of hydrogen-bond acceptors (Lipinski definition) is 2. The molecule has 1 aliphatic rings. The van der Waals surface area contributed by atoms with Gasteiger partial charge in [-0.15, -0.1) is 0 Å². The van der Waals surface area contributed by atoms with Crippen molar-refractivity contribution in [3.63, 3.8) is 0 Å². The number of amides is 1. The molecule has 0 atom stereocenters. The normalized spacial score (nSPS) is 14.5. The highest BCUT2D eigenvalue weighted by Gasteiger charge is 2.13. The van der Waals surface area contributed by atoms with E-state index in [2.05, 4.69) is 36.6 Å². The van der Waals surface area contributed by atoms with Gasteiger partial charge in [0.15, 0.2) is 0 Å².